The van der Waals surface area contributed by atoms with Crippen molar-refractivity contribution in [1.29, 1.82) is 0 Å². The van der Waals surface area contributed by atoms with E-state index in [4.69, 9.17) is 14.2 Å². The Labute approximate surface area is 465 Å². The number of ether oxygens (including phenoxy) is 3. The Morgan fingerprint density at radius 1 is 0.487 bits per heavy atom. The molecule has 11 heteroatoms. The SMILES string of the molecule is CCCC/C=C\CCCCCCCC(=O)OCCCCCCCCCCC/C=C\C/C=C\CCCCCCCCCCCC(=O)NC(COC1OC(CO)C(O)C(O)C1O)C(O)/C=C/CC/C=C/CCCCCCCC. The van der Waals surface area contributed by atoms with Crippen molar-refractivity contribution in [3.63, 3.8) is 0 Å². The lowest BCUT2D eigenvalue weighted by Crippen LogP contribution is -2.60. The van der Waals surface area contributed by atoms with Crippen LogP contribution in [0.4, 0.5) is 0 Å². The molecule has 0 bridgehead atoms. The summed E-state index contributed by atoms with van der Waals surface area (Å²) in [7, 11) is 0. The number of amides is 1. The van der Waals surface area contributed by atoms with Crippen molar-refractivity contribution in [2.24, 2.45) is 0 Å². The van der Waals surface area contributed by atoms with E-state index >= 15 is 0 Å². The van der Waals surface area contributed by atoms with Crippen LogP contribution < -0.4 is 5.32 Å². The molecule has 0 aromatic rings. The van der Waals surface area contributed by atoms with Gasteiger partial charge in [-0.25, -0.2) is 0 Å². The quantitative estimate of drug-likeness (QED) is 0.0195. The van der Waals surface area contributed by atoms with E-state index in [0.717, 1.165) is 83.5 Å². The van der Waals surface area contributed by atoms with Crippen LogP contribution in [0.3, 0.4) is 0 Å². The van der Waals surface area contributed by atoms with Crippen LogP contribution in [0, 0.1) is 0 Å². The molecule has 0 radical (unpaired) electrons. The fourth-order valence-electron chi connectivity index (χ4n) is 9.52. The fourth-order valence-corrected chi connectivity index (χ4v) is 9.52. The summed E-state index contributed by atoms with van der Waals surface area (Å²) in [6.45, 7) is 4.27. The molecule has 0 aromatic heterocycles. The molecule has 0 spiro atoms. The van der Waals surface area contributed by atoms with Gasteiger partial charge < -0.3 is 45.1 Å². The van der Waals surface area contributed by atoms with Gasteiger partial charge in [0.15, 0.2) is 6.29 Å². The lowest BCUT2D eigenvalue weighted by Gasteiger charge is -2.40. The molecule has 1 aliphatic heterocycles. The van der Waals surface area contributed by atoms with Crippen LogP contribution in [0.1, 0.15) is 277 Å². The van der Waals surface area contributed by atoms with E-state index in [-0.39, 0.29) is 18.5 Å². The normalized spacial score (nSPS) is 19.1. The van der Waals surface area contributed by atoms with Crippen molar-refractivity contribution in [3.8, 4) is 0 Å². The van der Waals surface area contributed by atoms with Crippen molar-refractivity contribution in [2.45, 2.75) is 320 Å². The molecule has 1 fully saturated rings. The van der Waals surface area contributed by atoms with Crippen LogP contribution in [0.15, 0.2) is 60.8 Å². The summed E-state index contributed by atoms with van der Waals surface area (Å²) < 4.78 is 16.7. The highest BCUT2D eigenvalue weighted by atomic mass is 16.7. The van der Waals surface area contributed by atoms with Gasteiger partial charge in [0.05, 0.1) is 32.0 Å². The molecule has 1 aliphatic rings. The Kier molecular flexibility index (Phi) is 51.0. The lowest BCUT2D eigenvalue weighted by molar-refractivity contribution is -0.302. The highest BCUT2D eigenvalue weighted by Gasteiger charge is 2.44. The van der Waals surface area contributed by atoms with Gasteiger partial charge in [0, 0.05) is 12.8 Å². The van der Waals surface area contributed by atoms with Gasteiger partial charge in [0.2, 0.25) is 5.91 Å². The summed E-state index contributed by atoms with van der Waals surface area (Å²) in [6.07, 6.45) is 60.4. The fraction of sp³-hybridized carbons (Fsp3) is 0.815. The smallest absolute Gasteiger partial charge is 0.305 e. The van der Waals surface area contributed by atoms with Crippen LogP contribution >= 0.6 is 0 Å². The lowest BCUT2D eigenvalue weighted by atomic mass is 9.99. The van der Waals surface area contributed by atoms with Gasteiger partial charge in [-0.1, -0.05) is 229 Å². The summed E-state index contributed by atoms with van der Waals surface area (Å²) in [5.74, 6) is -0.213. The van der Waals surface area contributed by atoms with E-state index in [1.165, 1.54) is 167 Å². The number of aliphatic hydroxyl groups excluding tert-OH is 5. The highest BCUT2D eigenvalue weighted by Crippen LogP contribution is 2.23. The molecule has 11 nitrogen and oxygen atoms in total. The van der Waals surface area contributed by atoms with Crippen molar-refractivity contribution in [3.05, 3.63) is 60.8 Å². The minimum atomic E-state index is -1.58. The molecular weight excluding hydrogens is 955 g/mol. The maximum absolute atomic E-state index is 13.0. The minimum Gasteiger partial charge on any atom is -0.466 e. The van der Waals surface area contributed by atoms with Crippen LogP contribution in [0.25, 0.3) is 0 Å². The van der Waals surface area contributed by atoms with Gasteiger partial charge in [-0.15, -0.1) is 0 Å². The second kappa shape index (κ2) is 54.3. The first kappa shape index (κ1) is 71.4. The maximum atomic E-state index is 13.0. The second-order valence-corrected chi connectivity index (χ2v) is 21.7. The number of hydrogen-bond acceptors (Lipinski definition) is 10. The molecule has 1 saturated heterocycles. The number of aliphatic hydroxyl groups is 5. The van der Waals surface area contributed by atoms with Crippen LogP contribution in [0.5, 0.6) is 0 Å². The third-order valence-electron chi connectivity index (χ3n) is 14.6. The van der Waals surface area contributed by atoms with Crippen LogP contribution in [-0.2, 0) is 23.8 Å². The molecule has 1 amide bonds. The number of nitrogens with one attached hydrogen (secondary N) is 1. The molecule has 1 heterocycles. The predicted octanol–water partition coefficient (Wildman–Crippen LogP) is 15.0. The minimum absolute atomic E-state index is 0.0138. The van der Waals surface area contributed by atoms with Crippen molar-refractivity contribution in [2.75, 3.05) is 19.8 Å². The average molecular weight is 1070 g/mol. The maximum Gasteiger partial charge on any atom is 0.305 e. The summed E-state index contributed by atoms with van der Waals surface area (Å²) in [5.41, 5.74) is 0. The topological polar surface area (TPSA) is 175 Å². The third kappa shape index (κ3) is 43.3. The van der Waals surface area contributed by atoms with Crippen LogP contribution in [0.2, 0.25) is 0 Å². The number of esters is 1. The Morgan fingerprint density at radius 2 is 0.908 bits per heavy atom. The summed E-state index contributed by atoms with van der Waals surface area (Å²) >= 11 is 0. The van der Waals surface area contributed by atoms with Gasteiger partial charge in [-0.05, 0) is 96.3 Å². The number of unbranched alkanes of at least 4 members (excludes halogenated alkanes) is 32. The van der Waals surface area contributed by atoms with Gasteiger partial charge in [-0.3, -0.25) is 9.59 Å². The molecule has 0 aromatic carbocycles. The van der Waals surface area contributed by atoms with Crippen molar-refractivity contribution < 1.29 is 49.3 Å². The number of allylic oxidation sites excluding steroid dienone is 9. The van der Waals surface area contributed by atoms with Gasteiger partial charge in [-0.2, -0.15) is 0 Å². The molecule has 0 saturated carbocycles. The molecular formula is C65H117NO10. The number of rotatable bonds is 54. The van der Waals surface area contributed by atoms with Crippen LogP contribution in [-0.4, -0.2) is 100 Å². The summed E-state index contributed by atoms with van der Waals surface area (Å²) in [4.78, 5) is 25.0. The number of carbonyl (C=O) groups excluding carboxylic acids is 2. The standard InChI is InChI=1S/C65H117NO10/c1-3-5-7-9-11-13-15-32-35-39-43-47-51-58(68)57(56-75-65-64(73)63(72)62(71)59(55-67)76-65)66-60(69)52-48-44-40-36-33-29-27-25-23-21-19-17-16-18-20-22-24-26-28-30-34-38-42-46-50-54-74-61(70)53-49-45-41-37-31-14-12-10-8-6-4-2/h10,12,17-20,32,35,47,51,57-59,62-65,67-68,71-73H,3-9,11,13-16,21-31,33-34,36-46,48-50,52-56H2,1-2H3,(H,66,69)/b12-10-,19-17-,20-18-,35-32+,51-47+. The van der Waals surface area contributed by atoms with E-state index in [0.29, 0.717) is 19.4 Å². The molecule has 1 rings (SSSR count). The largest absolute Gasteiger partial charge is 0.466 e. The second-order valence-electron chi connectivity index (χ2n) is 21.7. The average Bonchev–Trinajstić information content (AvgIpc) is 3.42. The molecule has 7 atom stereocenters. The third-order valence-corrected chi connectivity index (χ3v) is 14.6. The first-order valence-corrected chi connectivity index (χ1v) is 31.6. The molecule has 76 heavy (non-hydrogen) atoms. The summed E-state index contributed by atoms with van der Waals surface area (Å²) in [5, 5.41) is 54.3. The van der Waals surface area contributed by atoms with E-state index in [2.05, 4.69) is 67.8 Å². The molecule has 0 aliphatic carbocycles. The van der Waals surface area contributed by atoms with Crippen molar-refractivity contribution >= 4 is 11.9 Å². The molecule has 6 N–H and O–H groups in total. The first-order chi connectivity index (χ1) is 37.2. The summed E-state index contributed by atoms with van der Waals surface area (Å²) in [6, 6.07) is -0.833. The zero-order valence-corrected chi connectivity index (χ0v) is 48.7. The monoisotopic (exact) mass is 1070 g/mol. The van der Waals surface area contributed by atoms with E-state index in [1.54, 1.807) is 6.08 Å². The van der Waals surface area contributed by atoms with Crippen molar-refractivity contribution in [1.82, 2.24) is 5.32 Å². The zero-order valence-electron chi connectivity index (χ0n) is 48.7. The van der Waals surface area contributed by atoms with Gasteiger partial charge >= 0.3 is 5.97 Å². The van der Waals surface area contributed by atoms with E-state index < -0.39 is 49.5 Å². The predicted molar refractivity (Wildman–Crippen MR) is 315 cm³/mol. The molecule has 442 valence electrons. The van der Waals surface area contributed by atoms with Gasteiger partial charge in [0.25, 0.3) is 0 Å². The number of hydrogen-bond donors (Lipinski definition) is 6. The zero-order chi connectivity index (χ0) is 55.2. The Hall–Kier alpha value is -2.64. The molecule has 7 unspecified atom stereocenters. The van der Waals surface area contributed by atoms with Gasteiger partial charge in [0.1, 0.15) is 24.4 Å². The Morgan fingerprint density at radius 3 is 1.42 bits per heavy atom. The first-order valence-electron chi connectivity index (χ1n) is 31.6. The Bertz CT molecular complexity index is 1450. The number of carbonyl (C=O) groups is 2. The highest BCUT2D eigenvalue weighted by molar-refractivity contribution is 5.76. The van der Waals surface area contributed by atoms with E-state index in [1.807, 2.05) is 6.08 Å². The Balaban J connectivity index is 2.06. The van der Waals surface area contributed by atoms with E-state index in [9.17, 15) is 35.1 Å².